The van der Waals surface area contributed by atoms with Gasteiger partial charge >= 0.3 is 13.7 Å². The molecule has 1 fully saturated rings. The molecule has 1 heterocycles. The second kappa shape index (κ2) is 8.91. The van der Waals surface area contributed by atoms with Gasteiger partial charge in [0.15, 0.2) is 10.9 Å². The Bertz CT molecular complexity index is 770. The third-order valence-corrected chi connectivity index (χ3v) is 6.77. The molecule has 2 rings (SSSR count). The lowest BCUT2D eigenvalue weighted by molar-refractivity contribution is 0.0330. The number of aryl methyl sites for hydroxylation is 1. The Morgan fingerprint density at radius 3 is 2.29 bits per heavy atom. The molecule has 1 aromatic rings. The molecule has 0 radical (unpaired) electrons. The van der Waals surface area contributed by atoms with E-state index in [1.165, 1.54) is 4.90 Å². The van der Waals surface area contributed by atoms with Gasteiger partial charge in [0.25, 0.3) is 0 Å². The molecule has 0 aliphatic carbocycles. The van der Waals surface area contributed by atoms with Crippen LogP contribution >= 0.6 is 19.8 Å². The Labute approximate surface area is 172 Å². The summed E-state index contributed by atoms with van der Waals surface area (Å²) in [5, 5.41) is 3.13. The van der Waals surface area contributed by atoms with Gasteiger partial charge in [0.05, 0.1) is 19.3 Å². The van der Waals surface area contributed by atoms with Gasteiger partial charge in [0.2, 0.25) is 0 Å². The predicted octanol–water partition coefficient (Wildman–Crippen LogP) is 4.75. The van der Waals surface area contributed by atoms with Gasteiger partial charge in [-0.1, -0.05) is 24.3 Å². The minimum Gasteiger partial charge on any atom is -0.443 e. The Morgan fingerprint density at radius 1 is 1.21 bits per heavy atom. The quantitative estimate of drug-likeness (QED) is 0.517. The molecule has 1 N–H and O–H groups in total. The number of thiocarbonyl (C=S) groups is 1. The smallest absolute Gasteiger partial charge is 0.417 e. The highest BCUT2D eigenvalue weighted by molar-refractivity contribution is 7.80. The van der Waals surface area contributed by atoms with E-state index in [-0.39, 0.29) is 18.3 Å². The van der Waals surface area contributed by atoms with E-state index in [1.54, 1.807) is 34.6 Å². The lowest BCUT2D eigenvalue weighted by Gasteiger charge is -2.32. The molecule has 2 atom stereocenters. The minimum absolute atomic E-state index is 0.132. The SMILES string of the molecule is CCOP(=O)(OCC)[C@@H]1NC(=S)N(C(=O)OC(C)(C)C)[C@H]1c1ccccc1C. The zero-order valence-electron chi connectivity index (χ0n) is 17.2. The van der Waals surface area contributed by atoms with E-state index in [2.05, 4.69) is 5.32 Å². The molecular weight excluding hydrogens is 399 g/mol. The summed E-state index contributed by atoms with van der Waals surface area (Å²) in [4.78, 5) is 14.3. The number of hydrogen-bond donors (Lipinski definition) is 1. The average molecular weight is 428 g/mol. The lowest BCUT2D eigenvalue weighted by Crippen LogP contribution is -2.40. The molecule has 0 bridgehead atoms. The number of rotatable bonds is 6. The van der Waals surface area contributed by atoms with Crippen LogP contribution in [0.1, 0.15) is 51.8 Å². The maximum atomic E-state index is 13.6. The molecular formula is C19H29N2O5PS. The maximum Gasteiger partial charge on any atom is 0.417 e. The van der Waals surface area contributed by atoms with Gasteiger partial charge in [0, 0.05) is 0 Å². The number of ether oxygens (including phenoxy) is 1. The summed E-state index contributed by atoms with van der Waals surface area (Å²) in [6.45, 7) is 11.2. The summed E-state index contributed by atoms with van der Waals surface area (Å²) >= 11 is 5.42. The van der Waals surface area contributed by atoms with Crippen molar-refractivity contribution in [3.05, 3.63) is 35.4 Å². The van der Waals surface area contributed by atoms with Crippen molar-refractivity contribution in [3.8, 4) is 0 Å². The first-order valence-corrected chi connectivity index (χ1v) is 11.3. The molecule has 1 amide bonds. The van der Waals surface area contributed by atoms with Crippen LogP contribution in [0.3, 0.4) is 0 Å². The fourth-order valence-corrected chi connectivity index (χ4v) is 5.53. The summed E-state index contributed by atoms with van der Waals surface area (Å²) in [7, 11) is -3.62. The zero-order valence-corrected chi connectivity index (χ0v) is 18.9. The molecule has 0 saturated carbocycles. The second-order valence-electron chi connectivity index (χ2n) is 7.42. The van der Waals surface area contributed by atoms with Crippen LogP contribution < -0.4 is 5.32 Å². The van der Waals surface area contributed by atoms with Crippen LogP contribution in [-0.4, -0.2) is 40.7 Å². The van der Waals surface area contributed by atoms with Crippen molar-refractivity contribution < 1.29 is 23.1 Å². The zero-order chi connectivity index (χ0) is 21.1. The molecule has 28 heavy (non-hydrogen) atoms. The monoisotopic (exact) mass is 428 g/mol. The van der Waals surface area contributed by atoms with E-state index in [4.69, 9.17) is 26.0 Å². The number of carbonyl (C=O) groups excluding carboxylic acids is 1. The summed E-state index contributed by atoms with van der Waals surface area (Å²) < 4.78 is 30.2. The van der Waals surface area contributed by atoms with Crippen LogP contribution in [0.15, 0.2) is 24.3 Å². The van der Waals surface area contributed by atoms with Crippen molar-refractivity contribution >= 4 is 31.0 Å². The van der Waals surface area contributed by atoms with Crippen molar-refractivity contribution in [2.45, 2.75) is 59.0 Å². The number of nitrogens with one attached hydrogen (secondary N) is 1. The topological polar surface area (TPSA) is 77.1 Å². The van der Waals surface area contributed by atoms with E-state index in [9.17, 15) is 9.36 Å². The third-order valence-electron chi connectivity index (χ3n) is 4.12. The van der Waals surface area contributed by atoms with E-state index in [1.807, 2.05) is 31.2 Å². The van der Waals surface area contributed by atoms with Crippen LogP contribution in [-0.2, 0) is 18.3 Å². The number of benzene rings is 1. The fourth-order valence-electron chi connectivity index (χ4n) is 3.09. The second-order valence-corrected chi connectivity index (χ2v) is 9.96. The van der Waals surface area contributed by atoms with Crippen LogP contribution in [0, 0.1) is 6.92 Å². The Hall–Kier alpha value is -1.47. The van der Waals surface area contributed by atoms with Crippen molar-refractivity contribution in [2.75, 3.05) is 13.2 Å². The van der Waals surface area contributed by atoms with Crippen molar-refractivity contribution in [3.63, 3.8) is 0 Å². The molecule has 156 valence electrons. The largest absolute Gasteiger partial charge is 0.443 e. The number of carbonyl (C=O) groups is 1. The van der Waals surface area contributed by atoms with Gasteiger partial charge in [-0.2, -0.15) is 0 Å². The van der Waals surface area contributed by atoms with E-state index in [0.29, 0.717) is 0 Å². The average Bonchev–Trinajstić information content (AvgIpc) is 2.92. The van der Waals surface area contributed by atoms with Crippen molar-refractivity contribution in [2.24, 2.45) is 0 Å². The van der Waals surface area contributed by atoms with Crippen molar-refractivity contribution in [1.82, 2.24) is 10.2 Å². The minimum atomic E-state index is -3.62. The Kier molecular flexibility index (Phi) is 7.26. The molecule has 9 heteroatoms. The summed E-state index contributed by atoms with van der Waals surface area (Å²) in [5.41, 5.74) is 1.02. The van der Waals surface area contributed by atoms with Crippen LogP contribution in [0.5, 0.6) is 0 Å². The molecule has 1 saturated heterocycles. The third kappa shape index (κ3) is 4.92. The lowest BCUT2D eigenvalue weighted by atomic mass is 10.0. The van der Waals surface area contributed by atoms with Gasteiger partial charge in [-0.25, -0.2) is 9.69 Å². The number of nitrogens with zero attached hydrogens (tertiary/aromatic N) is 1. The first kappa shape index (κ1) is 22.8. The van der Waals surface area contributed by atoms with Crippen LogP contribution in [0.4, 0.5) is 4.79 Å². The Balaban J connectivity index is 2.57. The van der Waals surface area contributed by atoms with Gasteiger partial charge < -0.3 is 19.1 Å². The molecule has 0 unspecified atom stereocenters. The predicted molar refractivity (Wildman–Crippen MR) is 112 cm³/mol. The first-order chi connectivity index (χ1) is 13.0. The maximum absolute atomic E-state index is 13.6. The molecule has 0 aromatic heterocycles. The van der Waals surface area contributed by atoms with Gasteiger partial charge in [-0.3, -0.25) is 4.57 Å². The van der Waals surface area contributed by atoms with Crippen molar-refractivity contribution in [1.29, 1.82) is 0 Å². The summed E-state index contributed by atoms with van der Waals surface area (Å²) in [5.74, 6) is -0.839. The highest BCUT2D eigenvalue weighted by atomic mass is 32.1. The summed E-state index contributed by atoms with van der Waals surface area (Å²) in [6.07, 6.45) is -0.611. The number of amides is 1. The highest BCUT2D eigenvalue weighted by Gasteiger charge is 2.53. The molecule has 1 aliphatic heterocycles. The van der Waals surface area contributed by atoms with Crippen LogP contribution in [0.25, 0.3) is 0 Å². The van der Waals surface area contributed by atoms with Gasteiger partial charge in [-0.05, 0) is 64.9 Å². The van der Waals surface area contributed by atoms with E-state index in [0.717, 1.165) is 11.1 Å². The standard InChI is InChI=1S/C19H29N2O5PS/c1-7-24-27(23,25-8-2)16-15(14-12-10-9-11-13(14)3)21(17(28)20-16)18(22)26-19(4,5)6/h9-12,15-16H,7-8H2,1-6H3,(H,20,28)/t15-,16-/m0/s1. The molecule has 0 spiro atoms. The molecule has 1 aromatic carbocycles. The van der Waals surface area contributed by atoms with Gasteiger partial charge in [0.1, 0.15) is 5.60 Å². The Morgan fingerprint density at radius 2 is 1.79 bits per heavy atom. The highest BCUT2D eigenvalue weighted by Crippen LogP contribution is 2.58. The number of hydrogen-bond acceptors (Lipinski definition) is 6. The van der Waals surface area contributed by atoms with E-state index < -0.39 is 31.1 Å². The fraction of sp³-hybridized carbons (Fsp3) is 0.579. The van der Waals surface area contributed by atoms with E-state index >= 15 is 0 Å². The molecule has 1 aliphatic rings. The van der Waals surface area contributed by atoms with Gasteiger partial charge in [-0.15, -0.1) is 0 Å². The molecule has 7 nitrogen and oxygen atoms in total. The first-order valence-electron chi connectivity index (χ1n) is 9.31. The normalized spacial score (nSPS) is 20.2. The van der Waals surface area contributed by atoms with Crippen LogP contribution in [0.2, 0.25) is 0 Å². The summed E-state index contributed by atoms with van der Waals surface area (Å²) in [6, 6.07) is 6.87.